The summed E-state index contributed by atoms with van der Waals surface area (Å²) in [7, 11) is 0. The van der Waals surface area contributed by atoms with Gasteiger partial charge in [-0.15, -0.1) is 0 Å². The van der Waals surface area contributed by atoms with Crippen LogP contribution in [-0.4, -0.2) is 10.3 Å². The van der Waals surface area contributed by atoms with Crippen molar-refractivity contribution in [1.29, 1.82) is 0 Å². The fourth-order valence-corrected chi connectivity index (χ4v) is 9.83. The fourth-order valence-electron chi connectivity index (χ4n) is 9.83. The van der Waals surface area contributed by atoms with Crippen LogP contribution in [0.4, 0.5) is 0 Å². The summed E-state index contributed by atoms with van der Waals surface area (Å²) in [5.41, 5.74) is 6.98. The maximum absolute atomic E-state index is 5.27. The Morgan fingerprint density at radius 3 is 2.39 bits per heavy atom. The Hall–Kier alpha value is -1.12. The van der Waals surface area contributed by atoms with Gasteiger partial charge in [0.15, 0.2) is 0 Å². The summed E-state index contributed by atoms with van der Waals surface area (Å²) < 4.78 is 5.27. The van der Waals surface area contributed by atoms with Gasteiger partial charge in [0, 0.05) is 11.8 Å². The monoisotopic (exact) mass is 452 g/mol. The number of hydrogen-bond donors (Lipinski definition) is 0. The Kier molecular flexibility index (Phi) is 5.50. The van der Waals surface area contributed by atoms with Crippen LogP contribution in [0.2, 0.25) is 0 Å². The van der Waals surface area contributed by atoms with Crippen LogP contribution < -0.4 is 0 Å². The number of fused-ring (bicyclic) bond motifs is 5. The van der Waals surface area contributed by atoms with E-state index in [1.807, 2.05) is 11.1 Å². The largest absolute Gasteiger partial charge is 0.244 e. The van der Waals surface area contributed by atoms with Gasteiger partial charge in [0.1, 0.15) is 11.4 Å². The van der Waals surface area contributed by atoms with Gasteiger partial charge in [0.25, 0.3) is 0 Å². The highest BCUT2D eigenvalue weighted by Gasteiger charge is 2.63. The van der Waals surface area contributed by atoms with Crippen molar-refractivity contribution in [1.82, 2.24) is 10.3 Å². The zero-order valence-corrected chi connectivity index (χ0v) is 22.7. The van der Waals surface area contributed by atoms with Crippen molar-refractivity contribution >= 4 is 0 Å². The molecule has 3 nitrogen and oxygen atoms in total. The summed E-state index contributed by atoms with van der Waals surface area (Å²) in [5.74, 6) is 3.19. The van der Waals surface area contributed by atoms with E-state index in [1.54, 1.807) is 0 Å². The van der Waals surface area contributed by atoms with Crippen LogP contribution in [0.5, 0.6) is 0 Å². The molecule has 5 rings (SSSR count). The van der Waals surface area contributed by atoms with E-state index in [9.17, 15) is 0 Å². The Balaban J connectivity index is 1.48. The third-order valence-corrected chi connectivity index (χ3v) is 11.8. The molecule has 1 fully saturated rings. The molecule has 1 aromatic rings. The Bertz CT molecular complexity index is 941. The second-order valence-electron chi connectivity index (χ2n) is 14.1. The van der Waals surface area contributed by atoms with Gasteiger partial charge in [0.2, 0.25) is 0 Å². The maximum atomic E-state index is 5.27. The molecule has 0 N–H and O–H groups in total. The molecule has 1 saturated carbocycles. The molecular formula is C30H48N2O. The van der Waals surface area contributed by atoms with E-state index < -0.39 is 0 Å². The minimum absolute atomic E-state index is 0.0334. The summed E-state index contributed by atoms with van der Waals surface area (Å²) in [6.07, 6.45) is 13.3. The third-order valence-electron chi connectivity index (χ3n) is 11.8. The summed E-state index contributed by atoms with van der Waals surface area (Å²) >= 11 is 0. The molecule has 0 aromatic carbocycles. The van der Waals surface area contributed by atoms with Crippen molar-refractivity contribution < 1.29 is 4.63 Å². The number of nitrogens with zero attached hydrogens (tertiary/aromatic N) is 2. The third kappa shape index (κ3) is 3.19. The molecule has 4 aliphatic carbocycles. The topological polar surface area (TPSA) is 38.9 Å². The number of rotatable bonds is 5. The van der Waals surface area contributed by atoms with E-state index in [2.05, 4.69) is 65.7 Å². The van der Waals surface area contributed by atoms with Gasteiger partial charge in [-0.2, -0.15) is 0 Å². The first-order chi connectivity index (χ1) is 15.4. The molecule has 1 aromatic heterocycles. The molecule has 0 saturated heterocycles. The smallest absolute Gasteiger partial charge is 0.114 e. The van der Waals surface area contributed by atoms with Crippen molar-refractivity contribution in [3.05, 3.63) is 22.5 Å². The fraction of sp³-hybridized carbons (Fsp3) is 0.867. The molecule has 4 aliphatic rings. The summed E-state index contributed by atoms with van der Waals surface area (Å²) in [4.78, 5) is 0. The molecule has 1 heterocycles. The highest BCUT2D eigenvalue weighted by molar-refractivity contribution is 5.42. The lowest BCUT2D eigenvalue weighted by Gasteiger charge is -2.60. The first-order valence-corrected chi connectivity index (χ1v) is 14.0. The molecule has 33 heavy (non-hydrogen) atoms. The van der Waals surface area contributed by atoms with Gasteiger partial charge in [-0.3, -0.25) is 0 Å². The van der Waals surface area contributed by atoms with Crippen LogP contribution in [0.25, 0.3) is 0 Å². The van der Waals surface area contributed by atoms with Crippen LogP contribution in [0.15, 0.2) is 15.8 Å². The molecule has 0 bridgehead atoms. The Morgan fingerprint density at radius 2 is 1.67 bits per heavy atom. The van der Waals surface area contributed by atoms with Crippen molar-refractivity contribution in [2.24, 2.45) is 39.9 Å². The van der Waals surface area contributed by atoms with Crippen molar-refractivity contribution in [3.8, 4) is 0 Å². The van der Waals surface area contributed by atoms with Gasteiger partial charge < -0.3 is 0 Å². The molecule has 0 radical (unpaired) electrons. The first-order valence-electron chi connectivity index (χ1n) is 14.0. The summed E-state index contributed by atoms with van der Waals surface area (Å²) in [6.45, 7) is 20.0. The van der Waals surface area contributed by atoms with Crippen LogP contribution in [0.3, 0.4) is 0 Å². The molecule has 0 aliphatic heterocycles. The lowest BCUT2D eigenvalue weighted by molar-refractivity contribution is 0.0133. The zero-order chi connectivity index (χ0) is 23.8. The lowest BCUT2D eigenvalue weighted by Crippen LogP contribution is -2.53. The highest BCUT2D eigenvalue weighted by Crippen LogP contribution is 2.72. The quantitative estimate of drug-likeness (QED) is 0.422. The maximum Gasteiger partial charge on any atom is 0.114 e. The van der Waals surface area contributed by atoms with E-state index in [0.29, 0.717) is 16.7 Å². The predicted molar refractivity (Wildman–Crippen MR) is 135 cm³/mol. The van der Waals surface area contributed by atoms with Crippen LogP contribution in [-0.2, 0) is 11.8 Å². The van der Waals surface area contributed by atoms with Gasteiger partial charge in [-0.25, -0.2) is 4.63 Å². The minimum atomic E-state index is 0.0334. The van der Waals surface area contributed by atoms with Crippen molar-refractivity contribution in [2.45, 2.75) is 125 Å². The van der Waals surface area contributed by atoms with E-state index >= 15 is 0 Å². The molecule has 184 valence electrons. The molecular weight excluding hydrogens is 404 g/mol. The van der Waals surface area contributed by atoms with Gasteiger partial charge >= 0.3 is 0 Å². The van der Waals surface area contributed by atoms with Gasteiger partial charge in [-0.1, -0.05) is 96.1 Å². The van der Waals surface area contributed by atoms with Crippen molar-refractivity contribution in [2.75, 3.05) is 0 Å². The summed E-state index contributed by atoms with van der Waals surface area (Å²) in [6, 6.07) is 0. The van der Waals surface area contributed by atoms with Crippen LogP contribution in [0, 0.1) is 39.9 Å². The lowest BCUT2D eigenvalue weighted by atomic mass is 9.44. The molecule has 0 spiro atoms. The molecule has 6 atom stereocenters. The number of aromatic nitrogens is 2. The van der Waals surface area contributed by atoms with Crippen LogP contribution in [0.1, 0.15) is 125 Å². The van der Waals surface area contributed by atoms with E-state index in [0.717, 1.165) is 35.6 Å². The van der Waals surface area contributed by atoms with E-state index in [4.69, 9.17) is 4.63 Å². The van der Waals surface area contributed by atoms with E-state index in [-0.39, 0.29) is 10.8 Å². The average molecular weight is 453 g/mol. The Labute approximate surface area is 202 Å². The van der Waals surface area contributed by atoms with Crippen LogP contribution >= 0.6 is 0 Å². The predicted octanol–water partition coefficient (Wildman–Crippen LogP) is 8.30. The normalized spacial score (nSPS) is 40.3. The Morgan fingerprint density at radius 1 is 0.909 bits per heavy atom. The summed E-state index contributed by atoms with van der Waals surface area (Å²) in [5, 5.41) is 8.77. The zero-order valence-electron chi connectivity index (χ0n) is 22.7. The SMILES string of the molecule is CC(C)CCC[C@H](C)[C@H]1CC[C@@]2(C)C3=C(CC[C@]12C)[C@@]1(C)Cc2nonc2C(C)(C)[C@@H]1CC3. The number of hydrogen-bond acceptors (Lipinski definition) is 3. The van der Waals surface area contributed by atoms with E-state index in [1.165, 1.54) is 57.8 Å². The first kappa shape index (κ1) is 23.6. The van der Waals surface area contributed by atoms with Gasteiger partial charge in [-0.05, 0) is 78.4 Å². The highest BCUT2D eigenvalue weighted by atomic mass is 16.6. The standard InChI is InChI=1S/C30H48N2O/c1-19(2)10-9-11-20(3)21-14-16-30(8)23-12-13-25-27(4,5)26-24(31-33-32-26)18-28(25,6)22(23)15-17-29(21,30)7/h19-21,25H,9-18H2,1-8H3/t20-,21+,25-,28+,29+,30-/m0/s1. The molecule has 0 amide bonds. The molecule has 3 heteroatoms. The number of allylic oxidation sites excluding steroid dienone is 2. The van der Waals surface area contributed by atoms with Gasteiger partial charge in [0.05, 0.1) is 0 Å². The average Bonchev–Trinajstić information content (AvgIpc) is 3.30. The minimum Gasteiger partial charge on any atom is -0.244 e. The molecule has 0 unspecified atom stereocenters. The second kappa shape index (κ2) is 7.69. The van der Waals surface area contributed by atoms with Crippen molar-refractivity contribution in [3.63, 3.8) is 0 Å². The second-order valence-corrected chi connectivity index (χ2v) is 14.1.